The van der Waals surface area contributed by atoms with Crippen molar-refractivity contribution < 1.29 is 14.4 Å². The van der Waals surface area contributed by atoms with Crippen LogP contribution in [0.15, 0.2) is 30.3 Å². The zero-order valence-electron chi connectivity index (χ0n) is 15.7. The average molecular weight is 373 g/mol. The fraction of sp³-hybridized carbons (Fsp3) is 0.526. The Balaban J connectivity index is 1.57. The molecule has 1 aromatic carbocycles. The fourth-order valence-electron chi connectivity index (χ4n) is 3.56. The van der Waals surface area contributed by atoms with Crippen LogP contribution in [0.4, 0.5) is 10.5 Å². The molecule has 1 aromatic rings. The second-order valence-electron chi connectivity index (χ2n) is 6.74. The van der Waals surface area contributed by atoms with Crippen LogP contribution in [0.2, 0.25) is 0 Å². The zero-order chi connectivity index (χ0) is 19.2. The minimum atomic E-state index is -0.745. The van der Waals surface area contributed by atoms with Gasteiger partial charge >= 0.3 is 6.03 Å². The van der Waals surface area contributed by atoms with Crippen molar-refractivity contribution in [3.63, 3.8) is 0 Å². The molecule has 0 bridgehead atoms. The van der Waals surface area contributed by atoms with Crippen LogP contribution in [0, 0.1) is 0 Å². The van der Waals surface area contributed by atoms with Crippen molar-refractivity contribution >= 4 is 23.5 Å². The summed E-state index contributed by atoms with van der Waals surface area (Å²) in [5.41, 5.74) is 1.15. The van der Waals surface area contributed by atoms with E-state index in [1.54, 1.807) is 4.90 Å². The summed E-state index contributed by atoms with van der Waals surface area (Å²) in [7, 11) is 0. The molecule has 0 aromatic heterocycles. The van der Waals surface area contributed by atoms with Gasteiger partial charge in [-0.3, -0.25) is 9.59 Å². The molecule has 146 valence electrons. The van der Waals surface area contributed by atoms with E-state index in [-0.39, 0.29) is 24.3 Å². The number of amides is 4. The third kappa shape index (κ3) is 4.50. The van der Waals surface area contributed by atoms with Crippen molar-refractivity contribution in [1.29, 1.82) is 0 Å². The van der Waals surface area contributed by atoms with Crippen LogP contribution in [-0.2, 0) is 9.59 Å². The van der Waals surface area contributed by atoms with Gasteiger partial charge in [-0.15, -0.1) is 0 Å². The van der Waals surface area contributed by atoms with Gasteiger partial charge in [-0.1, -0.05) is 18.2 Å². The summed E-state index contributed by atoms with van der Waals surface area (Å²) in [6.45, 7) is 5.88. The lowest BCUT2D eigenvalue weighted by Gasteiger charge is -2.38. The first kappa shape index (κ1) is 19.0. The normalized spacial score (nSPS) is 20.3. The third-order valence-corrected chi connectivity index (χ3v) is 5.04. The first-order chi connectivity index (χ1) is 13.1. The highest BCUT2D eigenvalue weighted by molar-refractivity contribution is 5.92. The molecule has 27 heavy (non-hydrogen) atoms. The van der Waals surface area contributed by atoms with Crippen LogP contribution in [0.25, 0.3) is 0 Å². The Kier molecular flexibility index (Phi) is 6.16. The van der Waals surface area contributed by atoms with Crippen molar-refractivity contribution in [3.05, 3.63) is 30.3 Å². The van der Waals surface area contributed by atoms with Crippen LogP contribution in [0.1, 0.15) is 13.3 Å². The number of para-hydroxylation sites is 1. The maximum absolute atomic E-state index is 12.8. The molecule has 0 aliphatic carbocycles. The van der Waals surface area contributed by atoms with Crippen molar-refractivity contribution in [2.75, 3.05) is 50.7 Å². The highest BCUT2D eigenvalue weighted by atomic mass is 16.2. The fourth-order valence-corrected chi connectivity index (χ4v) is 3.56. The Morgan fingerprint density at radius 2 is 1.81 bits per heavy atom. The van der Waals surface area contributed by atoms with E-state index in [1.807, 2.05) is 25.1 Å². The van der Waals surface area contributed by atoms with Crippen LogP contribution in [0.3, 0.4) is 0 Å². The van der Waals surface area contributed by atoms with Gasteiger partial charge in [0.05, 0.1) is 6.42 Å². The topological polar surface area (TPSA) is 85.0 Å². The first-order valence-corrected chi connectivity index (χ1v) is 9.50. The number of rotatable bonds is 4. The van der Waals surface area contributed by atoms with E-state index in [9.17, 15) is 14.4 Å². The number of urea groups is 1. The number of hydrogen-bond donors (Lipinski definition) is 2. The largest absolute Gasteiger partial charge is 0.368 e. The maximum Gasteiger partial charge on any atom is 0.318 e. The van der Waals surface area contributed by atoms with Crippen LogP contribution < -0.4 is 15.5 Å². The van der Waals surface area contributed by atoms with E-state index < -0.39 is 6.04 Å². The second-order valence-corrected chi connectivity index (χ2v) is 6.74. The number of nitrogens with one attached hydrogen (secondary N) is 2. The van der Waals surface area contributed by atoms with Crippen molar-refractivity contribution in [3.8, 4) is 0 Å². The number of anilines is 1. The molecule has 2 fully saturated rings. The molecule has 2 heterocycles. The van der Waals surface area contributed by atoms with Crippen LogP contribution >= 0.6 is 0 Å². The van der Waals surface area contributed by atoms with E-state index in [1.165, 1.54) is 4.90 Å². The second kappa shape index (κ2) is 8.75. The summed E-state index contributed by atoms with van der Waals surface area (Å²) >= 11 is 0. The number of benzene rings is 1. The van der Waals surface area contributed by atoms with Gasteiger partial charge in [-0.05, 0) is 19.1 Å². The van der Waals surface area contributed by atoms with Gasteiger partial charge in [0.1, 0.15) is 6.04 Å². The molecule has 4 amide bonds. The quantitative estimate of drug-likeness (QED) is 0.793. The highest BCUT2D eigenvalue weighted by Crippen LogP contribution is 2.17. The lowest BCUT2D eigenvalue weighted by atomic mass is 10.1. The number of carbonyl (C=O) groups is 3. The minimum absolute atomic E-state index is 0.0221. The SMILES string of the molecule is CCNC(=O)N1CCNC(=O)C1CC(=O)N1CCN(c2ccccc2)CC1. The third-order valence-electron chi connectivity index (χ3n) is 5.04. The monoisotopic (exact) mass is 373 g/mol. The summed E-state index contributed by atoms with van der Waals surface area (Å²) in [5, 5.41) is 5.47. The molecule has 1 atom stereocenters. The minimum Gasteiger partial charge on any atom is -0.368 e. The molecule has 3 rings (SSSR count). The predicted octanol–water partition coefficient (Wildman–Crippen LogP) is 0.255. The molecular weight excluding hydrogens is 346 g/mol. The number of nitrogens with zero attached hydrogens (tertiary/aromatic N) is 3. The summed E-state index contributed by atoms with van der Waals surface area (Å²) in [4.78, 5) is 42.7. The molecule has 0 radical (unpaired) electrons. The Hall–Kier alpha value is -2.77. The van der Waals surface area contributed by atoms with Gasteiger partial charge in [0, 0.05) is 51.5 Å². The maximum atomic E-state index is 12.8. The number of piperazine rings is 2. The van der Waals surface area contributed by atoms with E-state index >= 15 is 0 Å². The van der Waals surface area contributed by atoms with E-state index in [4.69, 9.17) is 0 Å². The van der Waals surface area contributed by atoms with Crippen molar-refractivity contribution in [1.82, 2.24) is 20.4 Å². The number of hydrogen-bond acceptors (Lipinski definition) is 4. The standard InChI is InChI=1S/C19H27N5O3/c1-2-20-19(27)24-9-8-21-18(26)16(24)14-17(25)23-12-10-22(11-13-23)15-6-4-3-5-7-15/h3-7,16H,2,8-14H2,1H3,(H,20,27)(H,21,26). The molecule has 0 saturated carbocycles. The Morgan fingerprint density at radius 3 is 2.48 bits per heavy atom. The van der Waals surface area contributed by atoms with Gasteiger partial charge in [0.2, 0.25) is 11.8 Å². The van der Waals surface area contributed by atoms with Gasteiger partial charge in [0.15, 0.2) is 0 Å². The molecule has 1 unspecified atom stereocenters. The summed E-state index contributed by atoms with van der Waals surface area (Å²) in [6.07, 6.45) is 0.0221. The smallest absolute Gasteiger partial charge is 0.318 e. The lowest BCUT2D eigenvalue weighted by molar-refractivity contribution is -0.137. The predicted molar refractivity (Wildman–Crippen MR) is 102 cm³/mol. The molecule has 2 aliphatic rings. The molecule has 2 aliphatic heterocycles. The van der Waals surface area contributed by atoms with Crippen molar-refractivity contribution in [2.24, 2.45) is 0 Å². The summed E-state index contributed by atoms with van der Waals surface area (Å²) in [6, 6.07) is 9.08. The van der Waals surface area contributed by atoms with Gasteiger partial charge in [0.25, 0.3) is 0 Å². The van der Waals surface area contributed by atoms with Gasteiger partial charge in [-0.2, -0.15) is 0 Å². The average Bonchev–Trinajstić information content (AvgIpc) is 2.70. The van der Waals surface area contributed by atoms with Crippen LogP contribution in [0.5, 0.6) is 0 Å². The molecular formula is C19H27N5O3. The van der Waals surface area contributed by atoms with E-state index in [2.05, 4.69) is 27.7 Å². The Labute approximate surface area is 159 Å². The summed E-state index contributed by atoms with van der Waals surface area (Å²) < 4.78 is 0. The molecule has 8 nitrogen and oxygen atoms in total. The Bertz CT molecular complexity index is 673. The van der Waals surface area contributed by atoms with E-state index in [0.29, 0.717) is 32.7 Å². The van der Waals surface area contributed by atoms with E-state index in [0.717, 1.165) is 18.8 Å². The first-order valence-electron chi connectivity index (χ1n) is 9.50. The highest BCUT2D eigenvalue weighted by Gasteiger charge is 2.36. The van der Waals surface area contributed by atoms with Crippen molar-refractivity contribution in [2.45, 2.75) is 19.4 Å². The van der Waals surface area contributed by atoms with Gasteiger partial charge in [-0.25, -0.2) is 4.79 Å². The molecule has 0 spiro atoms. The lowest BCUT2D eigenvalue weighted by Crippen LogP contribution is -2.61. The van der Waals surface area contributed by atoms with Crippen LogP contribution in [-0.4, -0.2) is 79.5 Å². The molecule has 8 heteroatoms. The Morgan fingerprint density at radius 1 is 1.11 bits per heavy atom. The molecule has 2 saturated heterocycles. The number of carbonyl (C=O) groups excluding carboxylic acids is 3. The molecule has 2 N–H and O–H groups in total. The zero-order valence-corrected chi connectivity index (χ0v) is 15.7. The summed E-state index contributed by atoms with van der Waals surface area (Å²) in [5.74, 6) is -0.345. The van der Waals surface area contributed by atoms with Gasteiger partial charge < -0.3 is 25.3 Å².